The van der Waals surface area contributed by atoms with Gasteiger partial charge in [-0.25, -0.2) is 9.59 Å². The zero-order chi connectivity index (χ0) is 14.1. The van der Waals surface area contributed by atoms with Crippen LogP contribution in [0.15, 0.2) is 36.4 Å². The van der Waals surface area contributed by atoms with E-state index in [0.29, 0.717) is 12.2 Å². The monoisotopic (exact) mass is 252 g/mol. The maximum Gasteiger partial charge on any atom is 0.335 e. The molecule has 1 rings (SSSR count). The van der Waals surface area contributed by atoms with E-state index in [1.165, 1.54) is 24.3 Å². The van der Waals surface area contributed by atoms with Crippen molar-refractivity contribution in [1.29, 1.82) is 0 Å². The molecular weight excluding hydrogens is 236 g/mol. The van der Waals surface area contributed by atoms with Crippen molar-refractivity contribution in [2.45, 2.75) is 13.8 Å². The standard InChI is InChI=1S/C7H6O3.C6H10O2/c8-6-3-1-5(2-4-6)7(9)10;1-4-8-6(7)5(2)3/h1-4,8H,(H,9,10);2,4H2,1,3H3. The summed E-state index contributed by atoms with van der Waals surface area (Å²) in [5.74, 6) is -1.22. The molecule has 0 fully saturated rings. The molecule has 0 saturated carbocycles. The van der Waals surface area contributed by atoms with Crippen LogP contribution in [0.3, 0.4) is 0 Å². The summed E-state index contributed by atoms with van der Waals surface area (Å²) in [6.45, 7) is 7.21. The van der Waals surface area contributed by atoms with Crippen LogP contribution in [0.4, 0.5) is 0 Å². The number of carbonyl (C=O) groups excluding carboxylic acids is 1. The maximum absolute atomic E-state index is 10.4. The Balaban J connectivity index is 0.000000331. The fourth-order valence-electron chi connectivity index (χ4n) is 0.858. The highest BCUT2D eigenvalue weighted by Gasteiger charge is 1.99. The number of carbonyl (C=O) groups is 2. The van der Waals surface area contributed by atoms with Crippen molar-refractivity contribution in [1.82, 2.24) is 0 Å². The summed E-state index contributed by atoms with van der Waals surface area (Å²) in [5, 5.41) is 17.1. The lowest BCUT2D eigenvalue weighted by Gasteiger charge is -1.96. The molecule has 0 amide bonds. The molecule has 0 atom stereocenters. The molecule has 1 aromatic carbocycles. The molecule has 0 aliphatic rings. The number of aromatic carboxylic acids is 1. The zero-order valence-corrected chi connectivity index (χ0v) is 10.3. The Bertz CT molecular complexity index is 420. The summed E-state index contributed by atoms with van der Waals surface area (Å²) >= 11 is 0. The molecule has 98 valence electrons. The highest BCUT2D eigenvalue weighted by atomic mass is 16.5. The van der Waals surface area contributed by atoms with E-state index < -0.39 is 5.97 Å². The molecule has 0 saturated heterocycles. The number of aromatic hydroxyl groups is 1. The quantitative estimate of drug-likeness (QED) is 0.636. The van der Waals surface area contributed by atoms with Gasteiger partial charge in [0, 0.05) is 5.57 Å². The average molecular weight is 252 g/mol. The number of hydrogen-bond donors (Lipinski definition) is 2. The summed E-state index contributed by atoms with van der Waals surface area (Å²) in [6, 6.07) is 5.36. The lowest BCUT2D eigenvalue weighted by Crippen LogP contribution is -2.03. The third-order valence-corrected chi connectivity index (χ3v) is 1.74. The Hall–Kier alpha value is -2.30. The SMILES string of the molecule is C=C(C)C(=O)OCC.O=C(O)c1ccc(O)cc1. The first kappa shape index (κ1) is 15.7. The molecule has 0 aliphatic heterocycles. The first-order chi connectivity index (χ1) is 8.38. The smallest absolute Gasteiger partial charge is 0.335 e. The Morgan fingerprint density at radius 1 is 1.28 bits per heavy atom. The molecule has 0 heterocycles. The molecule has 18 heavy (non-hydrogen) atoms. The van der Waals surface area contributed by atoms with Gasteiger partial charge in [0.2, 0.25) is 0 Å². The third kappa shape index (κ3) is 6.32. The van der Waals surface area contributed by atoms with Gasteiger partial charge in [0.05, 0.1) is 12.2 Å². The van der Waals surface area contributed by atoms with Crippen molar-refractivity contribution in [2.24, 2.45) is 0 Å². The maximum atomic E-state index is 10.4. The van der Waals surface area contributed by atoms with Gasteiger partial charge >= 0.3 is 11.9 Å². The van der Waals surface area contributed by atoms with Crippen molar-refractivity contribution in [3.63, 3.8) is 0 Å². The number of carboxylic acid groups (broad SMARTS) is 1. The number of rotatable bonds is 3. The number of hydrogen-bond acceptors (Lipinski definition) is 4. The highest BCUT2D eigenvalue weighted by Crippen LogP contribution is 2.08. The molecule has 2 N–H and O–H groups in total. The van der Waals surface area contributed by atoms with E-state index in [2.05, 4.69) is 11.3 Å². The molecule has 0 aliphatic carbocycles. The molecule has 5 heteroatoms. The van der Waals surface area contributed by atoms with Crippen molar-refractivity contribution in [2.75, 3.05) is 6.61 Å². The molecule has 0 spiro atoms. The van der Waals surface area contributed by atoms with Crippen LogP contribution in [0.1, 0.15) is 24.2 Å². The molecule has 0 aromatic heterocycles. The minimum atomic E-state index is -0.986. The molecular formula is C13H16O5. The first-order valence-corrected chi connectivity index (χ1v) is 5.23. The van der Waals surface area contributed by atoms with Gasteiger partial charge in [-0.15, -0.1) is 0 Å². The second-order valence-corrected chi connectivity index (χ2v) is 3.35. The normalized spacial score (nSPS) is 8.78. The first-order valence-electron chi connectivity index (χ1n) is 5.23. The molecule has 0 bridgehead atoms. The Kier molecular flexibility index (Phi) is 6.88. The summed E-state index contributed by atoms with van der Waals surface area (Å²) in [7, 11) is 0. The van der Waals surface area contributed by atoms with Gasteiger partial charge in [-0.3, -0.25) is 0 Å². The van der Waals surface area contributed by atoms with E-state index in [1.807, 2.05) is 0 Å². The van der Waals surface area contributed by atoms with Gasteiger partial charge in [-0.05, 0) is 38.1 Å². The predicted molar refractivity (Wildman–Crippen MR) is 66.5 cm³/mol. The number of ether oxygens (including phenoxy) is 1. The summed E-state index contributed by atoms with van der Waals surface area (Å²) in [6.07, 6.45) is 0. The van der Waals surface area contributed by atoms with Crippen LogP contribution in [0, 0.1) is 0 Å². The van der Waals surface area contributed by atoms with Crippen molar-refractivity contribution in [3.8, 4) is 5.75 Å². The van der Waals surface area contributed by atoms with E-state index in [4.69, 9.17) is 10.2 Å². The van der Waals surface area contributed by atoms with Gasteiger partial charge in [0.15, 0.2) is 0 Å². The van der Waals surface area contributed by atoms with E-state index >= 15 is 0 Å². The molecule has 1 aromatic rings. The zero-order valence-electron chi connectivity index (χ0n) is 10.3. The number of phenolic OH excluding ortho intramolecular Hbond substituents is 1. The van der Waals surface area contributed by atoms with Crippen molar-refractivity contribution in [3.05, 3.63) is 42.0 Å². The number of esters is 1. The predicted octanol–water partition coefficient (Wildman–Crippen LogP) is 2.22. The number of benzene rings is 1. The lowest BCUT2D eigenvalue weighted by molar-refractivity contribution is -0.138. The fraction of sp³-hybridized carbons (Fsp3) is 0.231. The molecule has 5 nitrogen and oxygen atoms in total. The van der Waals surface area contributed by atoms with Crippen LogP contribution in [0.2, 0.25) is 0 Å². The summed E-state index contributed by atoms with van der Waals surface area (Å²) < 4.78 is 4.56. The average Bonchev–Trinajstić information content (AvgIpc) is 2.30. The van der Waals surface area contributed by atoms with Crippen LogP contribution in [-0.2, 0) is 9.53 Å². The van der Waals surface area contributed by atoms with Crippen LogP contribution in [0.5, 0.6) is 5.75 Å². The number of phenols is 1. The Morgan fingerprint density at radius 2 is 1.78 bits per heavy atom. The van der Waals surface area contributed by atoms with Crippen LogP contribution in [0.25, 0.3) is 0 Å². The summed E-state index contributed by atoms with van der Waals surface area (Å²) in [5.41, 5.74) is 0.629. The van der Waals surface area contributed by atoms with Gasteiger partial charge in [-0.1, -0.05) is 6.58 Å². The topological polar surface area (TPSA) is 83.8 Å². The Morgan fingerprint density at radius 3 is 2.06 bits per heavy atom. The minimum absolute atomic E-state index is 0.0741. The second kappa shape index (κ2) is 7.89. The van der Waals surface area contributed by atoms with E-state index in [9.17, 15) is 9.59 Å². The molecule has 0 radical (unpaired) electrons. The van der Waals surface area contributed by atoms with Crippen molar-refractivity contribution >= 4 is 11.9 Å². The van der Waals surface area contributed by atoms with E-state index in [1.54, 1.807) is 13.8 Å². The molecule has 0 unspecified atom stereocenters. The number of carboxylic acids is 1. The van der Waals surface area contributed by atoms with Gasteiger partial charge < -0.3 is 14.9 Å². The largest absolute Gasteiger partial charge is 0.508 e. The van der Waals surface area contributed by atoms with Gasteiger partial charge in [0.1, 0.15) is 5.75 Å². The van der Waals surface area contributed by atoms with Crippen LogP contribution >= 0.6 is 0 Å². The third-order valence-electron chi connectivity index (χ3n) is 1.74. The summed E-state index contributed by atoms with van der Waals surface area (Å²) in [4.78, 5) is 20.7. The lowest BCUT2D eigenvalue weighted by atomic mass is 10.2. The van der Waals surface area contributed by atoms with Crippen molar-refractivity contribution < 1.29 is 24.5 Å². The minimum Gasteiger partial charge on any atom is -0.508 e. The highest BCUT2D eigenvalue weighted by molar-refractivity contribution is 5.87. The van der Waals surface area contributed by atoms with Gasteiger partial charge in [0.25, 0.3) is 0 Å². The van der Waals surface area contributed by atoms with E-state index in [-0.39, 0.29) is 17.3 Å². The fourth-order valence-corrected chi connectivity index (χ4v) is 0.858. The van der Waals surface area contributed by atoms with Gasteiger partial charge in [-0.2, -0.15) is 0 Å². The Labute approximate surface area is 105 Å². The van der Waals surface area contributed by atoms with E-state index in [0.717, 1.165) is 0 Å². The van der Waals surface area contributed by atoms with Crippen LogP contribution < -0.4 is 0 Å². The van der Waals surface area contributed by atoms with Crippen LogP contribution in [-0.4, -0.2) is 28.8 Å². The second-order valence-electron chi connectivity index (χ2n) is 3.35.